The number of benzene rings is 6. The number of hydrogen-bond acceptors (Lipinski definition) is 3. The minimum atomic E-state index is -0.981. The lowest BCUT2D eigenvalue weighted by molar-refractivity contribution is 0.0696. The Hall–Kier alpha value is -5.84. The van der Waals surface area contributed by atoms with Gasteiger partial charge in [-0.3, -0.25) is 4.79 Å². The van der Waals surface area contributed by atoms with Gasteiger partial charge in [0.1, 0.15) is 0 Å². The number of fused-ring (bicyclic) bond motifs is 5. The summed E-state index contributed by atoms with van der Waals surface area (Å²) in [7, 11) is 0. The third kappa shape index (κ3) is 7.19. The van der Waals surface area contributed by atoms with E-state index in [1.165, 1.54) is 38.6 Å². The summed E-state index contributed by atoms with van der Waals surface area (Å²) in [6, 6.07) is 36.9. The Kier molecular flexibility index (Phi) is 9.53. The van der Waals surface area contributed by atoms with Crippen LogP contribution in [0, 0.1) is 5.41 Å². The number of ketones is 1. The second kappa shape index (κ2) is 14.3. The Morgan fingerprint density at radius 1 is 0.807 bits per heavy atom. The molecule has 2 aliphatic rings. The van der Waals surface area contributed by atoms with Crippen LogP contribution in [0.15, 0.2) is 133 Å². The van der Waals surface area contributed by atoms with Gasteiger partial charge >= 0.3 is 5.97 Å². The van der Waals surface area contributed by atoms with Gasteiger partial charge in [0.15, 0.2) is 5.78 Å². The fourth-order valence-electron chi connectivity index (χ4n) is 9.41. The molecule has 0 saturated carbocycles. The van der Waals surface area contributed by atoms with Crippen molar-refractivity contribution in [3.05, 3.63) is 178 Å². The standard InChI is InChI=1S/C53H51NO3/c1-51(2)26-25-42-40(29-51)31-53(5,6)49-45(42)23-19-37-27-38(28-39(47(37)49)30-52(3,4)41-20-13-34(32-54)14-21-41)44-22-18-35-9-7-8-10-43(35)48(44)46(55)24-15-33-11-16-36(17-12-33)50(56)57/h7-28H,29-32,54H2,1-6H3,(H,56,57). The Morgan fingerprint density at radius 2 is 1.51 bits per heavy atom. The molecule has 0 atom stereocenters. The van der Waals surface area contributed by atoms with Gasteiger partial charge in [-0.15, -0.1) is 0 Å². The highest BCUT2D eigenvalue weighted by Gasteiger charge is 2.38. The van der Waals surface area contributed by atoms with E-state index in [9.17, 15) is 14.7 Å². The highest BCUT2D eigenvalue weighted by atomic mass is 16.4. The molecule has 0 aromatic heterocycles. The van der Waals surface area contributed by atoms with Gasteiger partial charge in [-0.05, 0) is 131 Å². The minimum absolute atomic E-state index is 0.0876. The predicted octanol–water partition coefficient (Wildman–Crippen LogP) is 12.7. The minimum Gasteiger partial charge on any atom is -0.478 e. The van der Waals surface area contributed by atoms with Crippen LogP contribution in [0.1, 0.15) is 108 Å². The van der Waals surface area contributed by atoms with E-state index >= 15 is 0 Å². The van der Waals surface area contributed by atoms with Crippen molar-refractivity contribution in [3.63, 3.8) is 0 Å². The Balaban J connectivity index is 1.34. The van der Waals surface area contributed by atoms with Crippen molar-refractivity contribution in [2.24, 2.45) is 11.1 Å². The molecule has 4 heteroatoms. The third-order valence-corrected chi connectivity index (χ3v) is 12.2. The highest BCUT2D eigenvalue weighted by molar-refractivity contribution is 6.19. The molecule has 8 rings (SSSR count). The van der Waals surface area contributed by atoms with Gasteiger partial charge in [0.25, 0.3) is 0 Å². The van der Waals surface area contributed by atoms with E-state index in [0.29, 0.717) is 12.1 Å². The first-order valence-corrected chi connectivity index (χ1v) is 20.0. The Labute approximate surface area is 336 Å². The first-order chi connectivity index (χ1) is 27.1. The van der Waals surface area contributed by atoms with Crippen molar-refractivity contribution in [2.75, 3.05) is 0 Å². The molecule has 0 saturated heterocycles. The number of aromatic carboxylic acids is 1. The van der Waals surface area contributed by atoms with E-state index in [2.05, 4.69) is 114 Å². The molecule has 3 N–H and O–H groups in total. The second-order valence-corrected chi connectivity index (χ2v) is 18.1. The zero-order chi connectivity index (χ0) is 40.3. The van der Waals surface area contributed by atoms with Crippen molar-refractivity contribution in [1.29, 1.82) is 0 Å². The van der Waals surface area contributed by atoms with Crippen LogP contribution in [-0.2, 0) is 23.8 Å². The highest BCUT2D eigenvalue weighted by Crippen LogP contribution is 2.52. The number of hydrogen-bond donors (Lipinski definition) is 2. The average molecular weight is 750 g/mol. The van der Waals surface area contributed by atoms with Gasteiger partial charge in [0, 0.05) is 12.1 Å². The van der Waals surface area contributed by atoms with Crippen LogP contribution in [0.5, 0.6) is 0 Å². The Bertz CT molecular complexity index is 2680. The molecule has 0 radical (unpaired) electrons. The quantitative estimate of drug-likeness (QED) is 0.114. The predicted molar refractivity (Wildman–Crippen MR) is 237 cm³/mol. The van der Waals surface area contributed by atoms with Crippen LogP contribution < -0.4 is 5.73 Å². The molecule has 0 heterocycles. The number of carboxylic acids is 1. The molecule has 6 aromatic carbocycles. The fraction of sp³-hybridized carbons (Fsp3) is 0.245. The van der Waals surface area contributed by atoms with Crippen LogP contribution in [0.25, 0.3) is 44.3 Å². The van der Waals surface area contributed by atoms with Crippen molar-refractivity contribution in [1.82, 2.24) is 0 Å². The molecule has 286 valence electrons. The zero-order valence-electron chi connectivity index (χ0n) is 33.9. The number of carbonyl (C=O) groups excluding carboxylic acids is 1. The van der Waals surface area contributed by atoms with E-state index < -0.39 is 5.97 Å². The van der Waals surface area contributed by atoms with Gasteiger partial charge in [-0.25, -0.2) is 4.79 Å². The lowest BCUT2D eigenvalue weighted by atomic mass is 9.63. The van der Waals surface area contributed by atoms with Gasteiger partial charge in [0.05, 0.1) is 5.56 Å². The van der Waals surface area contributed by atoms with Crippen LogP contribution in [0.4, 0.5) is 0 Å². The lowest BCUT2D eigenvalue weighted by Crippen LogP contribution is -2.28. The molecular formula is C53H51NO3. The number of carboxylic acid groups (broad SMARTS) is 1. The molecule has 0 amide bonds. The second-order valence-electron chi connectivity index (χ2n) is 18.1. The average Bonchev–Trinajstić information content (AvgIpc) is 3.18. The monoisotopic (exact) mass is 749 g/mol. The van der Waals surface area contributed by atoms with Crippen molar-refractivity contribution < 1.29 is 14.7 Å². The summed E-state index contributed by atoms with van der Waals surface area (Å²) in [5.41, 5.74) is 18.7. The summed E-state index contributed by atoms with van der Waals surface area (Å²) in [5, 5.41) is 13.8. The molecule has 2 aliphatic carbocycles. The SMILES string of the molecule is CC1(C)C=CC2=C(C1)CC(C)(C)c1c2ccc2cc(-c3ccc4ccccc4c3C(=O)C=Cc3ccc(C(=O)O)cc3)cc(CC(C)(C)c3ccc(CN)cc3)c12. The van der Waals surface area contributed by atoms with E-state index in [0.717, 1.165) is 52.3 Å². The molecule has 0 unspecified atom stereocenters. The summed E-state index contributed by atoms with van der Waals surface area (Å²) in [4.78, 5) is 25.9. The summed E-state index contributed by atoms with van der Waals surface area (Å²) < 4.78 is 0. The molecule has 0 aliphatic heterocycles. The third-order valence-electron chi connectivity index (χ3n) is 12.2. The normalized spacial score (nSPS) is 15.9. The van der Waals surface area contributed by atoms with Gasteiger partial charge in [-0.1, -0.05) is 156 Å². The van der Waals surface area contributed by atoms with Gasteiger partial charge in [0.2, 0.25) is 0 Å². The Morgan fingerprint density at radius 3 is 2.23 bits per heavy atom. The maximum absolute atomic E-state index is 14.5. The first kappa shape index (κ1) is 38.1. The van der Waals surface area contributed by atoms with Gasteiger partial charge in [-0.2, -0.15) is 0 Å². The lowest BCUT2D eigenvalue weighted by Gasteiger charge is -2.41. The van der Waals surface area contributed by atoms with Crippen LogP contribution in [0.3, 0.4) is 0 Å². The molecule has 57 heavy (non-hydrogen) atoms. The number of carbonyl (C=O) groups is 2. The smallest absolute Gasteiger partial charge is 0.335 e. The summed E-state index contributed by atoms with van der Waals surface area (Å²) >= 11 is 0. The van der Waals surface area contributed by atoms with E-state index in [-0.39, 0.29) is 27.6 Å². The number of allylic oxidation sites excluding steroid dienone is 5. The largest absolute Gasteiger partial charge is 0.478 e. The molecule has 0 bridgehead atoms. The van der Waals surface area contributed by atoms with E-state index in [1.54, 1.807) is 42.0 Å². The zero-order valence-corrected chi connectivity index (χ0v) is 33.9. The molecule has 4 nitrogen and oxygen atoms in total. The first-order valence-electron chi connectivity index (χ1n) is 20.0. The van der Waals surface area contributed by atoms with Crippen molar-refractivity contribution in [2.45, 2.75) is 78.2 Å². The van der Waals surface area contributed by atoms with Crippen molar-refractivity contribution in [3.8, 4) is 11.1 Å². The maximum Gasteiger partial charge on any atom is 0.335 e. The summed E-state index contributed by atoms with van der Waals surface area (Å²) in [6.45, 7) is 14.7. The molecule has 6 aromatic rings. The van der Waals surface area contributed by atoms with E-state index in [1.807, 2.05) is 24.3 Å². The molecule has 0 fully saturated rings. The fourth-order valence-corrected chi connectivity index (χ4v) is 9.41. The maximum atomic E-state index is 14.5. The molecular weight excluding hydrogens is 699 g/mol. The van der Waals surface area contributed by atoms with Gasteiger partial charge < -0.3 is 10.8 Å². The number of rotatable bonds is 9. The summed E-state index contributed by atoms with van der Waals surface area (Å²) in [5.74, 6) is -1.09. The number of nitrogens with two attached hydrogens (primary N) is 1. The van der Waals surface area contributed by atoms with E-state index in [4.69, 9.17) is 5.73 Å². The van der Waals surface area contributed by atoms with Crippen molar-refractivity contribution >= 4 is 44.9 Å². The van der Waals surface area contributed by atoms with Crippen LogP contribution in [0.2, 0.25) is 0 Å². The van der Waals surface area contributed by atoms with Crippen LogP contribution in [-0.4, -0.2) is 16.9 Å². The molecule has 0 spiro atoms. The van der Waals surface area contributed by atoms with Crippen LogP contribution >= 0.6 is 0 Å². The summed E-state index contributed by atoms with van der Waals surface area (Å²) in [6.07, 6.45) is 11.0. The topological polar surface area (TPSA) is 80.4 Å².